The lowest BCUT2D eigenvalue weighted by molar-refractivity contribution is 0.489. The minimum Gasteiger partial charge on any atom is -0.251 e. The summed E-state index contributed by atoms with van der Waals surface area (Å²) in [4.78, 5) is 4.01. The highest BCUT2D eigenvalue weighted by molar-refractivity contribution is 8.01. The number of hydrogen-bond acceptors (Lipinski definition) is 3. The van der Waals surface area contributed by atoms with Crippen LogP contribution in [0.5, 0.6) is 0 Å². The fraction of sp³-hybridized carbons (Fsp3) is 0.500. The Morgan fingerprint density at radius 3 is 3.09 bits per heavy atom. The first-order chi connectivity index (χ1) is 5.33. The standard InChI is InChI=1S/C6H7ClFNS2/c7-5-4-9-6(11-5)10-3-1-2-8/h4H,1-3H2. The lowest BCUT2D eigenvalue weighted by Gasteiger charge is -1.91. The van der Waals surface area contributed by atoms with E-state index in [1.54, 1.807) is 18.0 Å². The molecule has 0 atom stereocenters. The molecule has 1 nitrogen and oxygen atoms in total. The lowest BCUT2D eigenvalue weighted by Crippen LogP contribution is -1.79. The molecule has 1 aromatic rings. The Morgan fingerprint density at radius 2 is 2.55 bits per heavy atom. The van der Waals surface area contributed by atoms with Crippen molar-refractivity contribution in [1.29, 1.82) is 0 Å². The van der Waals surface area contributed by atoms with Crippen molar-refractivity contribution in [3.8, 4) is 0 Å². The van der Waals surface area contributed by atoms with E-state index in [2.05, 4.69) is 4.98 Å². The normalized spacial score (nSPS) is 10.4. The Morgan fingerprint density at radius 1 is 1.73 bits per heavy atom. The van der Waals surface area contributed by atoms with Gasteiger partial charge in [-0.3, -0.25) is 4.39 Å². The van der Waals surface area contributed by atoms with Crippen LogP contribution in [0.1, 0.15) is 6.42 Å². The summed E-state index contributed by atoms with van der Waals surface area (Å²) >= 11 is 8.62. The predicted molar refractivity (Wildman–Crippen MR) is 48.4 cm³/mol. The molecule has 0 aromatic carbocycles. The lowest BCUT2D eigenvalue weighted by atomic mass is 10.6. The Hall–Kier alpha value is 0.200. The van der Waals surface area contributed by atoms with Gasteiger partial charge in [-0.05, 0) is 6.42 Å². The third-order valence-corrected chi connectivity index (χ3v) is 3.32. The second kappa shape index (κ2) is 4.95. The molecule has 1 aromatic heterocycles. The van der Waals surface area contributed by atoms with Crippen LogP contribution in [0, 0.1) is 0 Å². The quantitative estimate of drug-likeness (QED) is 0.560. The topological polar surface area (TPSA) is 12.9 Å². The average molecular weight is 212 g/mol. The highest BCUT2D eigenvalue weighted by atomic mass is 35.5. The van der Waals surface area contributed by atoms with E-state index in [-0.39, 0.29) is 6.67 Å². The van der Waals surface area contributed by atoms with E-state index in [1.807, 2.05) is 0 Å². The molecular weight excluding hydrogens is 205 g/mol. The Kier molecular flexibility index (Phi) is 4.18. The number of alkyl halides is 1. The zero-order valence-electron chi connectivity index (χ0n) is 5.72. The fourth-order valence-corrected chi connectivity index (χ4v) is 2.61. The van der Waals surface area contributed by atoms with Gasteiger partial charge in [-0.1, -0.05) is 34.7 Å². The van der Waals surface area contributed by atoms with Crippen molar-refractivity contribution in [2.24, 2.45) is 0 Å². The summed E-state index contributed by atoms with van der Waals surface area (Å²) in [6.07, 6.45) is 2.20. The van der Waals surface area contributed by atoms with Crippen LogP contribution in [0.15, 0.2) is 10.5 Å². The largest absolute Gasteiger partial charge is 0.251 e. The zero-order valence-corrected chi connectivity index (χ0v) is 8.11. The second-order valence-corrected chi connectivity index (χ2v) is 4.83. The van der Waals surface area contributed by atoms with Gasteiger partial charge >= 0.3 is 0 Å². The van der Waals surface area contributed by atoms with E-state index in [4.69, 9.17) is 11.6 Å². The van der Waals surface area contributed by atoms with E-state index in [0.717, 1.165) is 10.1 Å². The van der Waals surface area contributed by atoms with Crippen molar-refractivity contribution in [2.45, 2.75) is 10.8 Å². The van der Waals surface area contributed by atoms with E-state index in [1.165, 1.54) is 11.3 Å². The number of halogens is 2. The summed E-state index contributed by atoms with van der Waals surface area (Å²) in [5, 5.41) is 0. The second-order valence-electron chi connectivity index (χ2n) is 1.82. The molecule has 0 amide bonds. The molecule has 0 N–H and O–H groups in total. The van der Waals surface area contributed by atoms with E-state index < -0.39 is 0 Å². The van der Waals surface area contributed by atoms with Gasteiger partial charge in [0.1, 0.15) is 4.34 Å². The van der Waals surface area contributed by atoms with Crippen molar-refractivity contribution in [2.75, 3.05) is 12.4 Å². The Labute approximate surface area is 78.0 Å². The molecule has 5 heteroatoms. The summed E-state index contributed by atoms with van der Waals surface area (Å²) in [6, 6.07) is 0. The zero-order chi connectivity index (χ0) is 8.10. The molecule has 0 fully saturated rings. The van der Waals surface area contributed by atoms with Crippen LogP contribution >= 0.6 is 34.7 Å². The fourth-order valence-electron chi connectivity index (χ4n) is 0.520. The number of hydrogen-bond donors (Lipinski definition) is 0. The molecule has 0 unspecified atom stereocenters. The van der Waals surface area contributed by atoms with Gasteiger partial charge in [0.15, 0.2) is 4.34 Å². The third-order valence-electron chi connectivity index (χ3n) is 0.960. The van der Waals surface area contributed by atoms with E-state index in [0.29, 0.717) is 10.8 Å². The smallest absolute Gasteiger partial charge is 0.151 e. The summed E-state index contributed by atoms with van der Waals surface area (Å²) < 4.78 is 13.3. The summed E-state index contributed by atoms with van der Waals surface area (Å²) in [7, 11) is 0. The van der Waals surface area contributed by atoms with Gasteiger partial charge in [0.05, 0.1) is 12.9 Å². The van der Waals surface area contributed by atoms with Crippen molar-refractivity contribution in [3.05, 3.63) is 10.5 Å². The molecule has 1 rings (SSSR count). The summed E-state index contributed by atoms with van der Waals surface area (Å²) in [5.74, 6) is 0.778. The minimum absolute atomic E-state index is 0.258. The first-order valence-electron chi connectivity index (χ1n) is 3.13. The van der Waals surface area contributed by atoms with Crippen LogP contribution < -0.4 is 0 Å². The first kappa shape index (κ1) is 9.29. The molecule has 1 heterocycles. The Bertz CT molecular complexity index is 216. The maximum absolute atomic E-state index is 11.6. The van der Waals surface area contributed by atoms with Gasteiger partial charge < -0.3 is 0 Å². The van der Waals surface area contributed by atoms with Crippen molar-refractivity contribution in [1.82, 2.24) is 4.98 Å². The van der Waals surface area contributed by atoms with Crippen molar-refractivity contribution >= 4 is 34.7 Å². The van der Waals surface area contributed by atoms with Crippen LogP contribution in [0.4, 0.5) is 4.39 Å². The monoisotopic (exact) mass is 211 g/mol. The highest BCUT2D eigenvalue weighted by Crippen LogP contribution is 2.27. The van der Waals surface area contributed by atoms with Gasteiger partial charge in [0, 0.05) is 5.75 Å². The number of thiazole rings is 1. The van der Waals surface area contributed by atoms with Gasteiger partial charge in [0.25, 0.3) is 0 Å². The summed E-state index contributed by atoms with van der Waals surface area (Å²) in [6.45, 7) is -0.258. The first-order valence-corrected chi connectivity index (χ1v) is 5.31. The Balaban J connectivity index is 2.27. The summed E-state index contributed by atoms with van der Waals surface area (Å²) in [5.41, 5.74) is 0. The van der Waals surface area contributed by atoms with Crippen LogP contribution in [-0.2, 0) is 0 Å². The molecule has 62 valence electrons. The van der Waals surface area contributed by atoms with Gasteiger partial charge in [-0.2, -0.15) is 0 Å². The molecule has 0 aliphatic carbocycles. The highest BCUT2D eigenvalue weighted by Gasteiger charge is 1.99. The molecule has 0 radical (unpaired) electrons. The van der Waals surface area contributed by atoms with E-state index >= 15 is 0 Å². The van der Waals surface area contributed by atoms with Crippen LogP contribution in [0.25, 0.3) is 0 Å². The van der Waals surface area contributed by atoms with Crippen molar-refractivity contribution in [3.63, 3.8) is 0 Å². The van der Waals surface area contributed by atoms with Crippen LogP contribution in [0.2, 0.25) is 4.34 Å². The third kappa shape index (κ3) is 3.40. The van der Waals surface area contributed by atoms with Gasteiger partial charge in [0.2, 0.25) is 0 Å². The molecule has 11 heavy (non-hydrogen) atoms. The molecule has 0 spiro atoms. The van der Waals surface area contributed by atoms with E-state index in [9.17, 15) is 4.39 Å². The SMILES string of the molecule is FCCCSc1ncc(Cl)s1. The van der Waals surface area contributed by atoms with Crippen molar-refractivity contribution < 1.29 is 4.39 Å². The number of thioether (sulfide) groups is 1. The molecule has 0 aliphatic heterocycles. The molecule has 0 saturated heterocycles. The minimum atomic E-state index is -0.258. The van der Waals surface area contributed by atoms with Crippen LogP contribution in [0.3, 0.4) is 0 Å². The maximum Gasteiger partial charge on any atom is 0.151 e. The van der Waals surface area contributed by atoms with Crippen LogP contribution in [-0.4, -0.2) is 17.4 Å². The molecule has 0 aliphatic rings. The molecule has 0 bridgehead atoms. The molecular formula is C6H7ClFNS2. The molecule has 0 saturated carbocycles. The number of nitrogens with zero attached hydrogens (tertiary/aromatic N) is 1. The number of rotatable bonds is 4. The van der Waals surface area contributed by atoms with Gasteiger partial charge in [-0.15, -0.1) is 0 Å². The maximum atomic E-state index is 11.6. The average Bonchev–Trinajstić information content (AvgIpc) is 2.37. The van der Waals surface area contributed by atoms with Gasteiger partial charge in [-0.25, -0.2) is 4.98 Å². The predicted octanol–water partition coefficient (Wildman–Crippen LogP) is 3.25. The number of aromatic nitrogens is 1.